The Bertz CT molecular complexity index is 871. The van der Waals surface area contributed by atoms with Crippen molar-refractivity contribution in [3.8, 4) is 0 Å². The number of nitrogens with one attached hydrogen (secondary N) is 2. The van der Waals surface area contributed by atoms with Crippen molar-refractivity contribution in [2.75, 3.05) is 10.6 Å². The van der Waals surface area contributed by atoms with Gasteiger partial charge < -0.3 is 10.6 Å². The summed E-state index contributed by atoms with van der Waals surface area (Å²) in [6.45, 7) is 8.22. The van der Waals surface area contributed by atoms with Gasteiger partial charge in [-0.3, -0.25) is 0 Å². The third-order valence-corrected chi connectivity index (χ3v) is 3.77. The predicted octanol–water partition coefficient (Wildman–Crippen LogP) is 5.20. The highest BCUT2D eigenvalue weighted by atomic mass is 15.1. The fourth-order valence-electron chi connectivity index (χ4n) is 2.63. The molecule has 4 heteroatoms. The molecule has 0 aliphatic carbocycles. The Hall–Kier alpha value is -2.88. The first kappa shape index (κ1) is 16.0. The van der Waals surface area contributed by atoms with Gasteiger partial charge >= 0.3 is 0 Å². The van der Waals surface area contributed by atoms with Crippen LogP contribution in [0.3, 0.4) is 0 Å². The molecule has 0 atom stereocenters. The van der Waals surface area contributed by atoms with Crippen LogP contribution in [0.2, 0.25) is 0 Å². The van der Waals surface area contributed by atoms with E-state index in [0.717, 1.165) is 22.9 Å². The molecule has 24 heavy (non-hydrogen) atoms. The molecular weight excluding hydrogens is 296 g/mol. The summed E-state index contributed by atoms with van der Waals surface area (Å²) in [5.41, 5.74) is 6.59. The second-order valence-electron chi connectivity index (χ2n) is 6.16. The minimum absolute atomic E-state index is 0.591. The molecule has 0 unspecified atom stereocenters. The van der Waals surface area contributed by atoms with Gasteiger partial charge in [0.2, 0.25) is 5.95 Å². The molecule has 3 rings (SSSR count). The number of aryl methyl sites for hydroxylation is 4. The molecule has 2 N–H and O–H groups in total. The number of hydrogen-bond acceptors (Lipinski definition) is 4. The summed E-state index contributed by atoms with van der Waals surface area (Å²) < 4.78 is 0. The number of nitrogens with zero attached hydrogens (tertiary/aromatic N) is 2. The number of benzene rings is 2. The first-order valence-corrected chi connectivity index (χ1v) is 8.03. The molecule has 0 saturated carbocycles. The Labute approximate surface area is 143 Å². The summed E-state index contributed by atoms with van der Waals surface area (Å²) in [5, 5.41) is 6.66. The maximum absolute atomic E-state index is 4.58. The summed E-state index contributed by atoms with van der Waals surface area (Å²) >= 11 is 0. The van der Waals surface area contributed by atoms with Gasteiger partial charge in [0.15, 0.2) is 0 Å². The van der Waals surface area contributed by atoms with Crippen molar-refractivity contribution < 1.29 is 0 Å². The molecule has 1 aromatic heterocycles. The molecule has 0 saturated heterocycles. The molecule has 0 fully saturated rings. The van der Waals surface area contributed by atoms with Crippen LogP contribution in [0.15, 0.2) is 48.5 Å². The van der Waals surface area contributed by atoms with E-state index in [4.69, 9.17) is 0 Å². The number of rotatable bonds is 4. The normalized spacial score (nSPS) is 10.5. The van der Waals surface area contributed by atoms with E-state index in [1.54, 1.807) is 0 Å². The van der Waals surface area contributed by atoms with Gasteiger partial charge in [0.25, 0.3) is 0 Å². The van der Waals surface area contributed by atoms with E-state index in [-0.39, 0.29) is 0 Å². The summed E-state index contributed by atoms with van der Waals surface area (Å²) in [6.07, 6.45) is 0. The average molecular weight is 318 g/mol. The van der Waals surface area contributed by atoms with Crippen molar-refractivity contribution in [2.24, 2.45) is 0 Å². The minimum atomic E-state index is 0.591. The number of aromatic nitrogens is 2. The van der Waals surface area contributed by atoms with Gasteiger partial charge in [-0.2, -0.15) is 4.98 Å². The van der Waals surface area contributed by atoms with Crippen LogP contribution in [0, 0.1) is 27.7 Å². The SMILES string of the molecule is Cc1cccc(Nc2nc(C)cc(Nc3ccc(C)cc3C)n2)c1. The summed E-state index contributed by atoms with van der Waals surface area (Å²) in [7, 11) is 0. The number of hydrogen-bond donors (Lipinski definition) is 2. The van der Waals surface area contributed by atoms with Crippen LogP contribution in [0.4, 0.5) is 23.1 Å². The molecule has 3 aromatic rings. The lowest BCUT2D eigenvalue weighted by Crippen LogP contribution is -2.03. The monoisotopic (exact) mass is 318 g/mol. The topological polar surface area (TPSA) is 49.8 Å². The largest absolute Gasteiger partial charge is 0.340 e. The Balaban J connectivity index is 1.86. The van der Waals surface area contributed by atoms with Gasteiger partial charge in [0.1, 0.15) is 5.82 Å². The van der Waals surface area contributed by atoms with Crippen LogP contribution in [0.25, 0.3) is 0 Å². The third kappa shape index (κ3) is 3.90. The summed E-state index contributed by atoms with van der Waals surface area (Å²) in [4.78, 5) is 9.06. The van der Waals surface area contributed by atoms with Crippen LogP contribution in [-0.4, -0.2) is 9.97 Å². The van der Waals surface area contributed by atoms with Gasteiger partial charge in [-0.1, -0.05) is 29.8 Å². The second kappa shape index (κ2) is 6.71. The van der Waals surface area contributed by atoms with E-state index in [9.17, 15) is 0 Å². The minimum Gasteiger partial charge on any atom is -0.340 e. The van der Waals surface area contributed by atoms with Crippen LogP contribution >= 0.6 is 0 Å². The molecule has 0 aliphatic rings. The molecule has 122 valence electrons. The Morgan fingerprint density at radius 1 is 0.750 bits per heavy atom. The quantitative estimate of drug-likeness (QED) is 0.694. The van der Waals surface area contributed by atoms with Crippen LogP contribution < -0.4 is 10.6 Å². The highest BCUT2D eigenvalue weighted by Gasteiger charge is 2.05. The zero-order valence-corrected chi connectivity index (χ0v) is 14.5. The summed E-state index contributed by atoms with van der Waals surface area (Å²) in [6, 6.07) is 16.4. The highest BCUT2D eigenvalue weighted by Crippen LogP contribution is 2.22. The smallest absolute Gasteiger partial charge is 0.229 e. The molecule has 0 spiro atoms. The molecule has 1 heterocycles. The van der Waals surface area contributed by atoms with Crippen LogP contribution in [0.1, 0.15) is 22.4 Å². The maximum Gasteiger partial charge on any atom is 0.229 e. The van der Waals surface area contributed by atoms with E-state index in [1.807, 2.05) is 25.1 Å². The van der Waals surface area contributed by atoms with Crippen molar-refractivity contribution in [1.82, 2.24) is 9.97 Å². The zero-order valence-electron chi connectivity index (χ0n) is 14.5. The Kier molecular flexibility index (Phi) is 4.47. The molecular formula is C20H22N4. The van der Waals surface area contributed by atoms with Crippen molar-refractivity contribution in [1.29, 1.82) is 0 Å². The van der Waals surface area contributed by atoms with Gasteiger partial charge in [-0.05, 0) is 57.0 Å². The Morgan fingerprint density at radius 2 is 1.54 bits per heavy atom. The maximum atomic E-state index is 4.58. The highest BCUT2D eigenvalue weighted by molar-refractivity contribution is 5.63. The van der Waals surface area contributed by atoms with Gasteiger partial charge in [0.05, 0.1) is 0 Å². The van der Waals surface area contributed by atoms with Gasteiger partial charge in [-0.15, -0.1) is 0 Å². The fourth-order valence-corrected chi connectivity index (χ4v) is 2.63. The predicted molar refractivity (Wildman–Crippen MR) is 100 cm³/mol. The molecule has 0 amide bonds. The summed E-state index contributed by atoms with van der Waals surface area (Å²) in [5.74, 6) is 1.37. The molecule has 0 bridgehead atoms. The first-order chi connectivity index (χ1) is 11.5. The average Bonchev–Trinajstić information content (AvgIpc) is 2.49. The Morgan fingerprint density at radius 3 is 2.29 bits per heavy atom. The van der Waals surface area contributed by atoms with Crippen LogP contribution in [-0.2, 0) is 0 Å². The molecule has 2 aromatic carbocycles. The van der Waals surface area contributed by atoms with E-state index in [0.29, 0.717) is 5.95 Å². The van der Waals surface area contributed by atoms with E-state index in [2.05, 4.69) is 71.7 Å². The number of anilines is 4. The van der Waals surface area contributed by atoms with Crippen molar-refractivity contribution in [3.63, 3.8) is 0 Å². The van der Waals surface area contributed by atoms with Crippen molar-refractivity contribution >= 4 is 23.1 Å². The van der Waals surface area contributed by atoms with E-state index < -0.39 is 0 Å². The third-order valence-electron chi connectivity index (χ3n) is 3.77. The van der Waals surface area contributed by atoms with Crippen molar-refractivity contribution in [3.05, 3.63) is 70.9 Å². The lowest BCUT2D eigenvalue weighted by atomic mass is 10.1. The van der Waals surface area contributed by atoms with Gasteiger partial charge in [0, 0.05) is 23.1 Å². The molecule has 4 nitrogen and oxygen atoms in total. The standard InChI is InChI=1S/C20H22N4/c1-13-6-5-7-17(11-13)22-20-21-16(4)12-19(24-20)23-18-9-8-14(2)10-15(18)3/h5-12H,1-4H3,(H2,21,22,23,24). The second-order valence-corrected chi connectivity index (χ2v) is 6.16. The molecule has 0 radical (unpaired) electrons. The zero-order chi connectivity index (χ0) is 17.1. The lowest BCUT2D eigenvalue weighted by molar-refractivity contribution is 1.11. The van der Waals surface area contributed by atoms with E-state index in [1.165, 1.54) is 16.7 Å². The van der Waals surface area contributed by atoms with E-state index >= 15 is 0 Å². The first-order valence-electron chi connectivity index (χ1n) is 8.03. The van der Waals surface area contributed by atoms with Crippen LogP contribution in [0.5, 0.6) is 0 Å². The molecule has 0 aliphatic heterocycles. The van der Waals surface area contributed by atoms with Gasteiger partial charge in [-0.25, -0.2) is 4.98 Å². The fraction of sp³-hybridized carbons (Fsp3) is 0.200. The lowest BCUT2D eigenvalue weighted by Gasteiger charge is -2.12. The van der Waals surface area contributed by atoms with Crippen molar-refractivity contribution in [2.45, 2.75) is 27.7 Å².